The van der Waals surface area contributed by atoms with Crippen molar-refractivity contribution in [3.63, 3.8) is 0 Å². The molecule has 0 unspecified atom stereocenters. The van der Waals surface area contributed by atoms with Crippen LogP contribution in [0.1, 0.15) is 31.7 Å². The van der Waals surface area contributed by atoms with Gasteiger partial charge in [-0.05, 0) is 44.5 Å². The van der Waals surface area contributed by atoms with Crippen molar-refractivity contribution >= 4 is 10.0 Å². The third-order valence-electron chi connectivity index (χ3n) is 6.40. The summed E-state index contributed by atoms with van der Waals surface area (Å²) in [5.74, 6) is 0.664. The summed E-state index contributed by atoms with van der Waals surface area (Å²) in [6.45, 7) is 8.34. The van der Waals surface area contributed by atoms with Crippen molar-refractivity contribution in [1.29, 1.82) is 0 Å². The molecule has 6 heteroatoms. The summed E-state index contributed by atoms with van der Waals surface area (Å²) in [6, 6.07) is 10.6. The summed E-state index contributed by atoms with van der Waals surface area (Å²) in [4.78, 5) is 5.17. The largest absolute Gasteiger partial charge is 0.303 e. The number of hydrogen-bond acceptors (Lipinski definition) is 4. The SMILES string of the molecule is CCCN1CCC(N2C[C@H]3CN(S(=O)(=O)Cc4ccccc4)C[C@@H]32)CC1. The summed E-state index contributed by atoms with van der Waals surface area (Å²) in [5.41, 5.74) is 0.881. The van der Waals surface area contributed by atoms with Gasteiger partial charge in [-0.2, -0.15) is 4.31 Å². The third kappa shape index (κ3) is 3.70. The molecule has 3 aliphatic rings. The first kappa shape index (κ1) is 18.4. The number of sulfonamides is 1. The van der Waals surface area contributed by atoms with Crippen molar-refractivity contribution in [1.82, 2.24) is 14.1 Å². The van der Waals surface area contributed by atoms with E-state index in [1.807, 2.05) is 30.3 Å². The topological polar surface area (TPSA) is 43.9 Å². The molecule has 26 heavy (non-hydrogen) atoms. The monoisotopic (exact) mass is 377 g/mol. The zero-order chi connectivity index (χ0) is 18.1. The van der Waals surface area contributed by atoms with E-state index >= 15 is 0 Å². The second kappa shape index (κ2) is 7.58. The van der Waals surface area contributed by atoms with E-state index in [0.29, 0.717) is 31.1 Å². The minimum absolute atomic E-state index is 0.128. The molecule has 4 rings (SSSR count). The van der Waals surface area contributed by atoms with E-state index < -0.39 is 10.0 Å². The van der Waals surface area contributed by atoms with E-state index in [0.717, 1.165) is 12.1 Å². The van der Waals surface area contributed by atoms with Gasteiger partial charge in [0.2, 0.25) is 10.0 Å². The number of fused-ring (bicyclic) bond motifs is 1. The zero-order valence-corrected chi connectivity index (χ0v) is 16.6. The highest BCUT2D eigenvalue weighted by molar-refractivity contribution is 7.88. The Labute approximate surface area is 158 Å². The van der Waals surface area contributed by atoms with Crippen molar-refractivity contribution in [2.45, 2.75) is 44.0 Å². The van der Waals surface area contributed by atoms with Gasteiger partial charge in [0.05, 0.1) is 5.75 Å². The van der Waals surface area contributed by atoms with Gasteiger partial charge in [-0.3, -0.25) is 4.90 Å². The van der Waals surface area contributed by atoms with E-state index in [1.165, 1.54) is 38.9 Å². The smallest absolute Gasteiger partial charge is 0.218 e. The fourth-order valence-corrected chi connectivity index (χ4v) is 6.55. The van der Waals surface area contributed by atoms with Gasteiger partial charge in [0.15, 0.2) is 0 Å². The van der Waals surface area contributed by atoms with Gasteiger partial charge in [-0.1, -0.05) is 37.3 Å². The second-order valence-corrected chi connectivity index (χ2v) is 10.1. The first-order valence-corrected chi connectivity index (χ1v) is 11.7. The predicted molar refractivity (Wildman–Crippen MR) is 104 cm³/mol. The maximum absolute atomic E-state index is 12.8. The summed E-state index contributed by atoms with van der Waals surface area (Å²) in [7, 11) is -3.21. The molecule has 0 N–H and O–H groups in total. The van der Waals surface area contributed by atoms with Gasteiger partial charge < -0.3 is 4.90 Å². The van der Waals surface area contributed by atoms with Gasteiger partial charge in [-0.25, -0.2) is 8.42 Å². The predicted octanol–water partition coefficient (Wildman–Crippen LogP) is 2.01. The minimum Gasteiger partial charge on any atom is -0.303 e. The second-order valence-electron chi connectivity index (χ2n) is 8.16. The molecule has 0 aliphatic carbocycles. The number of benzene rings is 1. The van der Waals surface area contributed by atoms with Crippen LogP contribution in [0.5, 0.6) is 0 Å². The van der Waals surface area contributed by atoms with Crippen molar-refractivity contribution in [3.05, 3.63) is 35.9 Å². The van der Waals surface area contributed by atoms with Gasteiger partial charge in [0, 0.05) is 37.6 Å². The van der Waals surface area contributed by atoms with Crippen LogP contribution in [0.2, 0.25) is 0 Å². The molecule has 0 radical (unpaired) electrons. The highest BCUT2D eigenvalue weighted by Crippen LogP contribution is 2.37. The molecule has 3 heterocycles. The Balaban J connectivity index is 1.33. The van der Waals surface area contributed by atoms with Crippen molar-refractivity contribution < 1.29 is 8.42 Å². The molecule has 1 aromatic carbocycles. The van der Waals surface area contributed by atoms with Gasteiger partial charge in [0.1, 0.15) is 0 Å². The molecule has 144 valence electrons. The Hall–Kier alpha value is -0.950. The van der Waals surface area contributed by atoms with Crippen LogP contribution in [0, 0.1) is 5.92 Å². The molecule has 3 saturated heterocycles. The van der Waals surface area contributed by atoms with Crippen LogP contribution in [-0.4, -0.2) is 73.9 Å². The van der Waals surface area contributed by atoms with Crippen LogP contribution < -0.4 is 0 Å². The van der Waals surface area contributed by atoms with Crippen molar-refractivity contribution in [2.24, 2.45) is 5.92 Å². The fourth-order valence-electron chi connectivity index (χ4n) is 4.95. The van der Waals surface area contributed by atoms with Gasteiger partial charge >= 0.3 is 0 Å². The van der Waals surface area contributed by atoms with E-state index in [2.05, 4.69) is 16.7 Å². The molecule has 1 aromatic rings. The summed E-state index contributed by atoms with van der Waals surface area (Å²) in [6.07, 6.45) is 3.70. The zero-order valence-electron chi connectivity index (χ0n) is 15.8. The fraction of sp³-hybridized carbons (Fsp3) is 0.700. The lowest BCUT2D eigenvalue weighted by molar-refractivity contribution is -0.0168. The standard InChI is InChI=1S/C20H31N3O2S/c1-2-10-21-11-8-19(9-12-21)23-14-18-13-22(15-20(18)23)26(24,25)16-17-6-4-3-5-7-17/h3-7,18-20H,2,8-16H2,1H3/t18-,20+/m1/s1. The van der Waals surface area contributed by atoms with E-state index in [-0.39, 0.29) is 5.75 Å². The number of nitrogens with zero attached hydrogens (tertiary/aromatic N) is 3. The van der Waals surface area contributed by atoms with Crippen LogP contribution in [0.4, 0.5) is 0 Å². The van der Waals surface area contributed by atoms with Crippen molar-refractivity contribution in [3.8, 4) is 0 Å². The minimum atomic E-state index is -3.21. The highest BCUT2D eigenvalue weighted by Gasteiger charge is 2.50. The third-order valence-corrected chi connectivity index (χ3v) is 8.18. The van der Waals surface area contributed by atoms with Crippen LogP contribution in [0.3, 0.4) is 0 Å². The average molecular weight is 378 g/mol. The molecule has 3 aliphatic heterocycles. The molecule has 3 fully saturated rings. The molecule has 0 aromatic heterocycles. The lowest BCUT2D eigenvalue weighted by atomic mass is 9.87. The van der Waals surface area contributed by atoms with Crippen LogP contribution in [0.25, 0.3) is 0 Å². The molecule has 0 amide bonds. The lowest BCUT2D eigenvalue weighted by Gasteiger charge is -2.50. The van der Waals surface area contributed by atoms with E-state index in [9.17, 15) is 8.42 Å². The molecular formula is C20H31N3O2S. The average Bonchev–Trinajstić information content (AvgIpc) is 2.95. The Kier molecular flexibility index (Phi) is 5.37. The first-order chi connectivity index (χ1) is 12.6. The molecular weight excluding hydrogens is 346 g/mol. The Morgan fingerprint density at radius 1 is 1.04 bits per heavy atom. The Morgan fingerprint density at radius 2 is 1.77 bits per heavy atom. The molecule has 5 nitrogen and oxygen atoms in total. The Bertz CT molecular complexity index is 701. The first-order valence-electron chi connectivity index (χ1n) is 10.1. The summed E-state index contributed by atoms with van der Waals surface area (Å²) < 4.78 is 27.4. The number of likely N-dealkylation sites (tertiary alicyclic amines) is 2. The van der Waals surface area contributed by atoms with Crippen LogP contribution in [-0.2, 0) is 15.8 Å². The molecule has 2 atom stereocenters. The molecule has 0 saturated carbocycles. The quantitative estimate of drug-likeness (QED) is 0.761. The molecule has 0 bridgehead atoms. The summed E-state index contributed by atoms with van der Waals surface area (Å²) >= 11 is 0. The van der Waals surface area contributed by atoms with Gasteiger partial charge in [-0.15, -0.1) is 0 Å². The lowest BCUT2D eigenvalue weighted by Crippen LogP contribution is -2.61. The summed E-state index contributed by atoms with van der Waals surface area (Å²) in [5, 5.41) is 0. The number of piperidine rings is 1. The maximum atomic E-state index is 12.8. The Morgan fingerprint density at radius 3 is 2.46 bits per heavy atom. The normalized spacial score (nSPS) is 28.8. The number of hydrogen-bond donors (Lipinski definition) is 0. The maximum Gasteiger partial charge on any atom is 0.218 e. The number of rotatable bonds is 6. The van der Waals surface area contributed by atoms with E-state index in [1.54, 1.807) is 4.31 Å². The van der Waals surface area contributed by atoms with Crippen LogP contribution in [0.15, 0.2) is 30.3 Å². The van der Waals surface area contributed by atoms with Crippen LogP contribution >= 0.6 is 0 Å². The molecule has 0 spiro atoms. The van der Waals surface area contributed by atoms with Gasteiger partial charge in [0.25, 0.3) is 0 Å². The van der Waals surface area contributed by atoms with Crippen molar-refractivity contribution in [2.75, 3.05) is 39.3 Å². The van der Waals surface area contributed by atoms with E-state index in [4.69, 9.17) is 0 Å². The highest BCUT2D eigenvalue weighted by atomic mass is 32.2.